The van der Waals surface area contributed by atoms with Gasteiger partial charge >= 0.3 is 5.97 Å². The second-order valence-electron chi connectivity index (χ2n) is 13.4. The van der Waals surface area contributed by atoms with Gasteiger partial charge in [0.25, 0.3) is 0 Å². The van der Waals surface area contributed by atoms with E-state index in [4.69, 9.17) is 18.9 Å². The first kappa shape index (κ1) is 42.2. The molecule has 0 radical (unpaired) electrons. The van der Waals surface area contributed by atoms with Gasteiger partial charge in [-0.15, -0.1) is 6.58 Å². The number of benzene rings is 3. The van der Waals surface area contributed by atoms with Crippen molar-refractivity contribution in [3.8, 4) is 28.7 Å². The number of hydrogen-bond acceptors (Lipinski definition) is 7. The van der Waals surface area contributed by atoms with E-state index in [0.717, 1.165) is 38.5 Å². The highest BCUT2D eigenvalue weighted by atomic mass is 16.5. The third kappa shape index (κ3) is 17.3. The van der Waals surface area contributed by atoms with Gasteiger partial charge in [-0.2, -0.15) is 0 Å². The molecule has 0 aromatic heterocycles. The van der Waals surface area contributed by atoms with Crippen LogP contribution in [0.5, 0.6) is 28.7 Å². The van der Waals surface area contributed by atoms with Crippen molar-refractivity contribution in [2.75, 3.05) is 19.8 Å². The van der Waals surface area contributed by atoms with Gasteiger partial charge in [-0.25, -0.2) is 4.79 Å². The van der Waals surface area contributed by atoms with Crippen LogP contribution in [0.4, 0.5) is 5.69 Å². The van der Waals surface area contributed by atoms with Gasteiger partial charge in [-0.05, 0) is 74.2 Å². The van der Waals surface area contributed by atoms with Gasteiger partial charge in [0.2, 0.25) is 0 Å². The van der Waals surface area contributed by atoms with E-state index in [1.807, 2.05) is 12.1 Å². The minimum Gasteiger partial charge on any atom is -0.507 e. The Balaban J connectivity index is 1.48. The normalized spacial score (nSPS) is 11.1. The molecule has 0 aliphatic carbocycles. The van der Waals surface area contributed by atoms with Crippen LogP contribution >= 0.6 is 0 Å². The van der Waals surface area contributed by atoms with Crippen molar-refractivity contribution in [1.29, 1.82) is 0 Å². The lowest BCUT2D eigenvalue weighted by molar-refractivity contribution is 0.0730. The molecule has 0 atom stereocenters. The molecule has 0 spiro atoms. The summed E-state index contributed by atoms with van der Waals surface area (Å²) in [7, 11) is 0. The van der Waals surface area contributed by atoms with Crippen LogP contribution in [0.25, 0.3) is 0 Å². The maximum atomic E-state index is 13.3. The number of carbonyl (C=O) groups excluding carboxylic acids is 1. The van der Waals surface area contributed by atoms with E-state index in [9.17, 15) is 9.90 Å². The number of phenols is 1. The second kappa shape index (κ2) is 26.5. The molecule has 0 saturated heterocycles. The number of ether oxygens (including phenoxy) is 4. The van der Waals surface area contributed by atoms with Gasteiger partial charge in [-0.1, -0.05) is 110 Å². The topological polar surface area (TPSA) is 86.6 Å². The zero-order valence-electron chi connectivity index (χ0n) is 31.9. The highest BCUT2D eigenvalue weighted by molar-refractivity contribution is 5.94. The molecule has 0 aliphatic heterocycles. The average Bonchev–Trinajstić information content (AvgIpc) is 3.15. The molecule has 7 nitrogen and oxygen atoms in total. The largest absolute Gasteiger partial charge is 0.507 e. The fraction of sp³-hybridized carbons (Fsp3) is 0.511. The molecule has 0 aliphatic rings. The molecule has 3 aromatic rings. The number of carbonyl (C=O) groups is 1. The van der Waals surface area contributed by atoms with Crippen molar-refractivity contribution in [3.05, 3.63) is 84.4 Å². The summed E-state index contributed by atoms with van der Waals surface area (Å²) < 4.78 is 23.6. The van der Waals surface area contributed by atoms with E-state index in [0.29, 0.717) is 59.6 Å². The second-order valence-corrected chi connectivity index (χ2v) is 13.4. The zero-order valence-corrected chi connectivity index (χ0v) is 31.9. The van der Waals surface area contributed by atoms with E-state index >= 15 is 0 Å². The summed E-state index contributed by atoms with van der Waals surface area (Å²) in [5.41, 5.74) is 1.57. The van der Waals surface area contributed by atoms with Crippen LogP contribution in [-0.4, -0.2) is 37.1 Å². The van der Waals surface area contributed by atoms with E-state index in [2.05, 4.69) is 25.4 Å². The first-order valence-corrected chi connectivity index (χ1v) is 19.9. The maximum Gasteiger partial charge on any atom is 0.347 e. The number of hydrogen-bond donors (Lipinski definition) is 1. The predicted octanol–water partition coefficient (Wildman–Crippen LogP) is 12.7. The Labute approximate surface area is 313 Å². The minimum atomic E-state index is -0.515. The molecule has 0 fully saturated rings. The van der Waals surface area contributed by atoms with Gasteiger partial charge in [0.15, 0.2) is 0 Å². The van der Waals surface area contributed by atoms with Crippen LogP contribution < -0.4 is 18.9 Å². The number of allylic oxidation sites excluding steroid dienone is 1. The highest BCUT2D eigenvalue weighted by Gasteiger charge is 2.17. The Morgan fingerprint density at radius 3 is 1.73 bits per heavy atom. The maximum absolute atomic E-state index is 13.3. The van der Waals surface area contributed by atoms with Crippen molar-refractivity contribution in [2.45, 2.75) is 129 Å². The van der Waals surface area contributed by atoms with Crippen LogP contribution in [0.1, 0.15) is 145 Å². The molecular weight excluding hydrogens is 650 g/mol. The van der Waals surface area contributed by atoms with Crippen molar-refractivity contribution >= 4 is 17.9 Å². The molecule has 0 saturated carbocycles. The summed E-state index contributed by atoms with van der Waals surface area (Å²) in [5.74, 6) is 1.74. The Kier molecular flexibility index (Phi) is 21.5. The number of aliphatic imine (C=N–C) groups is 1. The van der Waals surface area contributed by atoms with Crippen molar-refractivity contribution in [1.82, 2.24) is 0 Å². The lowest BCUT2D eigenvalue weighted by Crippen LogP contribution is -2.12. The molecule has 7 heteroatoms. The molecule has 1 N–H and O–H groups in total. The monoisotopic (exact) mass is 713 g/mol. The van der Waals surface area contributed by atoms with E-state index in [-0.39, 0.29) is 5.75 Å². The Morgan fingerprint density at radius 1 is 0.635 bits per heavy atom. The van der Waals surface area contributed by atoms with Gasteiger partial charge in [0.1, 0.15) is 34.3 Å². The van der Waals surface area contributed by atoms with E-state index < -0.39 is 5.97 Å². The highest BCUT2D eigenvalue weighted by Crippen LogP contribution is 2.29. The third-order valence-corrected chi connectivity index (χ3v) is 8.92. The summed E-state index contributed by atoms with van der Waals surface area (Å²) in [6, 6.07) is 17.4. The third-order valence-electron chi connectivity index (χ3n) is 8.92. The molecular formula is C45H63NO6. The fourth-order valence-electron chi connectivity index (χ4n) is 5.77. The van der Waals surface area contributed by atoms with Gasteiger partial charge in [0.05, 0.1) is 25.5 Å². The average molecular weight is 714 g/mol. The lowest BCUT2D eigenvalue weighted by atomic mass is 10.1. The molecule has 3 rings (SSSR count). The summed E-state index contributed by atoms with van der Waals surface area (Å²) >= 11 is 0. The molecule has 0 bridgehead atoms. The van der Waals surface area contributed by atoms with Crippen molar-refractivity contribution in [2.24, 2.45) is 4.99 Å². The van der Waals surface area contributed by atoms with Gasteiger partial charge < -0.3 is 24.1 Å². The van der Waals surface area contributed by atoms with Crippen LogP contribution in [0.15, 0.2) is 78.3 Å². The smallest absolute Gasteiger partial charge is 0.347 e. The molecule has 3 aromatic carbocycles. The van der Waals surface area contributed by atoms with Crippen molar-refractivity contribution < 1.29 is 28.8 Å². The van der Waals surface area contributed by atoms with Crippen molar-refractivity contribution in [3.63, 3.8) is 0 Å². The summed E-state index contributed by atoms with van der Waals surface area (Å²) in [6.45, 7) is 9.97. The zero-order chi connectivity index (χ0) is 37.1. The lowest BCUT2D eigenvalue weighted by Gasteiger charge is -2.14. The fourth-order valence-corrected chi connectivity index (χ4v) is 5.77. The predicted molar refractivity (Wildman–Crippen MR) is 214 cm³/mol. The minimum absolute atomic E-state index is 0.106. The summed E-state index contributed by atoms with van der Waals surface area (Å²) in [6.07, 6.45) is 24.9. The Bertz CT molecular complexity index is 1450. The van der Waals surface area contributed by atoms with Crippen LogP contribution in [0.3, 0.4) is 0 Å². The Morgan fingerprint density at radius 2 is 1.15 bits per heavy atom. The SMILES string of the molecule is C=CCCCOc1cc(OCCCCCCCCCC)ccc1C(=O)Oc1ccc(N=Cc2ccc(OCCCCCCCCCC)cc2O)cc1. The molecule has 0 amide bonds. The number of nitrogens with zero attached hydrogens (tertiary/aromatic N) is 1. The molecule has 0 unspecified atom stereocenters. The summed E-state index contributed by atoms with van der Waals surface area (Å²) in [4.78, 5) is 17.7. The number of aromatic hydroxyl groups is 1. The van der Waals surface area contributed by atoms with Gasteiger partial charge in [0, 0.05) is 23.9 Å². The van der Waals surface area contributed by atoms with Crippen LogP contribution in [-0.2, 0) is 0 Å². The van der Waals surface area contributed by atoms with E-state index in [1.54, 1.807) is 60.8 Å². The van der Waals surface area contributed by atoms with Crippen LogP contribution in [0.2, 0.25) is 0 Å². The Hall–Kier alpha value is -4.26. The summed E-state index contributed by atoms with van der Waals surface area (Å²) in [5, 5.41) is 10.5. The number of unbranched alkanes of at least 4 members (excludes halogenated alkanes) is 15. The molecule has 0 heterocycles. The number of esters is 1. The number of rotatable bonds is 29. The molecule has 284 valence electrons. The molecule has 52 heavy (non-hydrogen) atoms. The first-order valence-electron chi connectivity index (χ1n) is 19.9. The number of phenolic OH excluding ortho intramolecular Hbond substituents is 1. The first-order chi connectivity index (χ1) is 25.5. The van der Waals surface area contributed by atoms with E-state index in [1.165, 1.54) is 77.0 Å². The van der Waals surface area contributed by atoms with Crippen LogP contribution in [0, 0.1) is 0 Å². The standard InChI is InChI=1S/C45H63NO6/c1-4-7-10-12-14-16-18-21-31-49-40-26-23-37(43(47)34-40)36-46-38-24-27-39(28-25-38)52-45(48)42-30-29-41(35-44(42)51-33-20-9-6-3)50-32-22-19-17-15-13-11-8-5-2/h6,23-30,34-36,47H,3-5,7-22,31-33H2,1-2H3. The quantitative estimate of drug-likeness (QED) is 0.0253. The van der Waals surface area contributed by atoms with Gasteiger partial charge in [-0.3, -0.25) is 4.99 Å².